The van der Waals surface area contributed by atoms with E-state index in [0.29, 0.717) is 10.1 Å². The van der Waals surface area contributed by atoms with E-state index in [1.54, 1.807) is 19.1 Å². The second-order valence-electron chi connectivity index (χ2n) is 7.95. The summed E-state index contributed by atoms with van der Waals surface area (Å²) in [5, 5.41) is 8.32. The van der Waals surface area contributed by atoms with Crippen molar-refractivity contribution in [2.75, 3.05) is 0 Å². The van der Waals surface area contributed by atoms with Crippen LogP contribution in [0.1, 0.15) is 34.6 Å². The van der Waals surface area contributed by atoms with Gasteiger partial charge in [0.1, 0.15) is 5.56 Å². The molecule has 5 aromatic rings. The average molecular weight is 460 g/mol. The van der Waals surface area contributed by atoms with E-state index >= 15 is 0 Å². The molecule has 0 aliphatic heterocycles. The predicted octanol–water partition coefficient (Wildman–Crippen LogP) is 6.06. The summed E-state index contributed by atoms with van der Waals surface area (Å²) in [6, 6.07) is 22.6. The Morgan fingerprint density at radius 2 is 1.68 bits per heavy atom. The van der Waals surface area contributed by atoms with Crippen LogP contribution in [-0.4, -0.2) is 20.5 Å². The van der Waals surface area contributed by atoms with E-state index in [9.17, 15) is 18.0 Å². The highest BCUT2D eigenvalue weighted by molar-refractivity contribution is 6.01. The van der Waals surface area contributed by atoms with Gasteiger partial charge in [0.05, 0.1) is 17.9 Å². The quantitative estimate of drug-likeness (QED) is 0.355. The van der Waals surface area contributed by atoms with Crippen LogP contribution in [0, 0.1) is 0 Å². The van der Waals surface area contributed by atoms with Gasteiger partial charge in [0.15, 0.2) is 11.3 Å². The molecule has 0 aliphatic carbocycles. The molecule has 0 spiro atoms. The molecule has 5 nitrogen and oxygen atoms in total. The Hall–Kier alpha value is -4.20. The Bertz CT molecular complexity index is 1500. The highest BCUT2D eigenvalue weighted by atomic mass is 19.4. The summed E-state index contributed by atoms with van der Waals surface area (Å²) in [5.41, 5.74) is 0.327. The maximum Gasteiger partial charge on any atom is 0.433 e. The molecule has 3 aromatic carbocycles. The van der Waals surface area contributed by atoms with Gasteiger partial charge in [-0.25, -0.2) is 9.50 Å². The smallest absolute Gasteiger partial charge is 0.345 e. The van der Waals surface area contributed by atoms with Crippen molar-refractivity contribution < 1.29 is 18.0 Å². The molecule has 0 aliphatic rings. The molecule has 0 saturated heterocycles. The normalized spacial score (nSPS) is 12.7. The van der Waals surface area contributed by atoms with E-state index in [-0.39, 0.29) is 22.9 Å². The number of benzene rings is 3. The van der Waals surface area contributed by atoms with Gasteiger partial charge in [-0.15, -0.1) is 0 Å². The van der Waals surface area contributed by atoms with Crippen molar-refractivity contribution in [3.05, 3.63) is 102 Å². The molecule has 8 heteroatoms. The molecule has 1 atom stereocenters. The molecule has 5 rings (SSSR count). The van der Waals surface area contributed by atoms with E-state index in [2.05, 4.69) is 15.4 Å². The molecular weight excluding hydrogens is 441 g/mol. The summed E-state index contributed by atoms with van der Waals surface area (Å²) in [6.45, 7) is 1.80. The zero-order valence-corrected chi connectivity index (χ0v) is 18.0. The first-order valence-corrected chi connectivity index (χ1v) is 10.6. The van der Waals surface area contributed by atoms with Gasteiger partial charge in [0.2, 0.25) is 0 Å². The molecule has 0 fully saturated rings. The zero-order valence-electron chi connectivity index (χ0n) is 18.0. The number of nitrogens with zero attached hydrogens (tertiary/aromatic N) is 3. The van der Waals surface area contributed by atoms with Gasteiger partial charge >= 0.3 is 6.18 Å². The minimum Gasteiger partial charge on any atom is -0.345 e. The fourth-order valence-electron chi connectivity index (χ4n) is 4.01. The van der Waals surface area contributed by atoms with Crippen LogP contribution < -0.4 is 5.32 Å². The number of nitrogens with one attached hydrogen (secondary N) is 1. The molecular formula is C26H19F3N4O. The minimum atomic E-state index is -4.70. The largest absolute Gasteiger partial charge is 0.433 e. The molecule has 2 aromatic heterocycles. The Balaban J connectivity index is 1.65. The fourth-order valence-corrected chi connectivity index (χ4v) is 4.01. The lowest BCUT2D eigenvalue weighted by Gasteiger charge is -2.15. The summed E-state index contributed by atoms with van der Waals surface area (Å²) in [4.78, 5) is 17.5. The molecule has 2 heterocycles. The summed E-state index contributed by atoms with van der Waals surface area (Å²) >= 11 is 0. The van der Waals surface area contributed by atoms with Gasteiger partial charge in [-0.1, -0.05) is 72.8 Å². The molecule has 1 amide bonds. The van der Waals surface area contributed by atoms with Gasteiger partial charge in [-0.05, 0) is 29.3 Å². The minimum absolute atomic E-state index is 0.0321. The first-order valence-electron chi connectivity index (χ1n) is 10.6. The van der Waals surface area contributed by atoms with Crippen molar-refractivity contribution >= 4 is 22.3 Å². The van der Waals surface area contributed by atoms with Crippen LogP contribution >= 0.6 is 0 Å². The molecule has 0 bridgehead atoms. The number of rotatable bonds is 4. The third kappa shape index (κ3) is 3.87. The molecule has 0 saturated carbocycles. The molecule has 1 unspecified atom stereocenters. The summed E-state index contributed by atoms with van der Waals surface area (Å²) in [5.74, 6) is -0.554. The number of hydrogen-bond donors (Lipinski definition) is 1. The maximum atomic E-state index is 14.0. The number of hydrogen-bond acceptors (Lipinski definition) is 3. The first kappa shape index (κ1) is 21.6. The summed E-state index contributed by atoms with van der Waals surface area (Å²) in [7, 11) is 0. The standard InChI is InChI=1S/C26H19F3N4O/c1-16(17-8-3-2-4-9-17)31-25(34)21-15-30-33-23(26(27,28)29)14-22(32-24(21)33)20-13-7-11-18-10-5-6-12-19(18)20/h2-16H,1H3,(H,31,34). The number of aromatic nitrogens is 3. The number of halogens is 3. The Morgan fingerprint density at radius 3 is 2.44 bits per heavy atom. The van der Waals surface area contributed by atoms with Crippen molar-refractivity contribution in [2.45, 2.75) is 19.1 Å². The third-order valence-corrected chi connectivity index (χ3v) is 5.72. The number of alkyl halides is 3. The van der Waals surface area contributed by atoms with E-state index in [4.69, 9.17) is 0 Å². The van der Waals surface area contributed by atoms with Gasteiger partial charge in [-0.3, -0.25) is 4.79 Å². The average Bonchev–Trinajstić information content (AvgIpc) is 3.27. The van der Waals surface area contributed by atoms with E-state index in [1.165, 1.54) is 0 Å². The van der Waals surface area contributed by atoms with Crippen molar-refractivity contribution in [3.8, 4) is 11.3 Å². The molecule has 170 valence electrons. The lowest BCUT2D eigenvalue weighted by Crippen LogP contribution is -2.26. The van der Waals surface area contributed by atoms with Gasteiger partial charge in [-0.2, -0.15) is 18.3 Å². The van der Waals surface area contributed by atoms with Crippen LogP contribution in [0.2, 0.25) is 0 Å². The zero-order chi connectivity index (χ0) is 23.9. The van der Waals surface area contributed by atoms with Crippen molar-refractivity contribution in [1.29, 1.82) is 0 Å². The predicted molar refractivity (Wildman–Crippen MR) is 123 cm³/mol. The lowest BCUT2D eigenvalue weighted by molar-refractivity contribution is -0.142. The van der Waals surface area contributed by atoms with Gasteiger partial charge < -0.3 is 5.32 Å². The van der Waals surface area contributed by atoms with Crippen molar-refractivity contribution in [2.24, 2.45) is 0 Å². The van der Waals surface area contributed by atoms with Crippen LogP contribution in [0.15, 0.2) is 85.1 Å². The summed E-state index contributed by atoms with van der Waals surface area (Å²) in [6.07, 6.45) is -3.57. The fraction of sp³-hybridized carbons (Fsp3) is 0.115. The summed E-state index contributed by atoms with van der Waals surface area (Å²) < 4.78 is 42.6. The SMILES string of the molecule is CC(NC(=O)c1cnn2c(C(F)(F)F)cc(-c3cccc4ccccc34)nc12)c1ccccc1. The van der Waals surface area contributed by atoms with Gasteiger partial charge in [0, 0.05) is 5.56 Å². The van der Waals surface area contributed by atoms with E-state index in [0.717, 1.165) is 28.6 Å². The Morgan fingerprint density at radius 1 is 0.971 bits per heavy atom. The number of carbonyl (C=O) groups excluding carboxylic acids is 1. The number of carbonyl (C=O) groups is 1. The Kier molecular flexibility index (Phi) is 5.28. The van der Waals surface area contributed by atoms with Crippen LogP contribution in [0.3, 0.4) is 0 Å². The first-order chi connectivity index (χ1) is 16.3. The van der Waals surface area contributed by atoms with E-state index < -0.39 is 17.8 Å². The highest BCUT2D eigenvalue weighted by Gasteiger charge is 2.36. The molecule has 0 radical (unpaired) electrons. The highest BCUT2D eigenvalue weighted by Crippen LogP contribution is 2.35. The van der Waals surface area contributed by atoms with Crippen LogP contribution in [-0.2, 0) is 6.18 Å². The second-order valence-corrected chi connectivity index (χ2v) is 7.95. The molecule has 1 N–H and O–H groups in total. The van der Waals surface area contributed by atoms with Crippen LogP contribution in [0.4, 0.5) is 13.2 Å². The Labute approximate surface area is 192 Å². The number of amides is 1. The van der Waals surface area contributed by atoms with Gasteiger partial charge in [0.25, 0.3) is 5.91 Å². The molecule has 34 heavy (non-hydrogen) atoms. The van der Waals surface area contributed by atoms with Crippen molar-refractivity contribution in [1.82, 2.24) is 19.9 Å². The third-order valence-electron chi connectivity index (χ3n) is 5.72. The topological polar surface area (TPSA) is 59.3 Å². The second kappa shape index (κ2) is 8.30. The lowest BCUT2D eigenvalue weighted by atomic mass is 10.0. The monoisotopic (exact) mass is 460 g/mol. The van der Waals surface area contributed by atoms with Crippen LogP contribution in [0.25, 0.3) is 27.7 Å². The number of fused-ring (bicyclic) bond motifs is 2. The van der Waals surface area contributed by atoms with Crippen molar-refractivity contribution in [3.63, 3.8) is 0 Å². The van der Waals surface area contributed by atoms with E-state index in [1.807, 2.05) is 60.7 Å². The van der Waals surface area contributed by atoms with Crippen LogP contribution in [0.5, 0.6) is 0 Å². The maximum absolute atomic E-state index is 14.0.